The number of hydrogen-bond acceptors (Lipinski definition) is 6. The van der Waals surface area contributed by atoms with Gasteiger partial charge in [0.1, 0.15) is 5.69 Å². The maximum Gasteiger partial charge on any atom is 0.417 e. The average Bonchev–Trinajstić information content (AvgIpc) is 2.74. The highest BCUT2D eigenvalue weighted by molar-refractivity contribution is 7.89. The number of anilines is 1. The molecule has 0 saturated carbocycles. The van der Waals surface area contributed by atoms with Crippen molar-refractivity contribution in [3.63, 3.8) is 0 Å². The smallest absolute Gasteiger partial charge is 0.319 e. The lowest BCUT2D eigenvalue weighted by atomic mass is 10.2. The molecule has 14 heteroatoms. The molecule has 1 aliphatic rings. The van der Waals surface area contributed by atoms with Crippen LogP contribution in [0.4, 0.5) is 24.5 Å². The van der Waals surface area contributed by atoms with Gasteiger partial charge in [0.15, 0.2) is 0 Å². The molecular weight excluding hydrogens is 501 g/mol. The number of nitro benzene ring substituents is 1. The highest BCUT2D eigenvalue weighted by Crippen LogP contribution is 2.36. The van der Waals surface area contributed by atoms with Crippen molar-refractivity contribution in [3.8, 4) is 0 Å². The lowest BCUT2D eigenvalue weighted by Crippen LogP contribution is -2.50. The molecule has 3 rings (SSSR count). The van der Waals surface area contributed by atoms with Crippen LogP contribution in [0.2, 0.25) is 5.02 Å². The van der Waals surface area contributed by atoms with Crippen molar-refractivity contribution in [1.29, 1.82) is 0 Å². The van der Waals surface area contributed by atoms with Crippen LogP contribution in [0.5, 0.6) is 0 Å². The lowest BCUT2D eigenvalue weighted by Gasteiger charge is -2.33. The Kier molecular flexibility index (Phi) is 7.50. The first-order valence-electron chi connectivity index (χ1n) is 9.93. The number of nitrogens with zero attached hydrogens (tertiary/aromatic N) is 3. The average molecular weight is 521 g/mol. The number of hydrogen-bond donors (Lipinski definition) is 1. The number of benzene rings is 2. The lowest BCUT2D eigenvalue weighted by molar-refractivity contribution is -0.384. The first-order chi connectivity index (χ1) is 15.8. The highest BCUT2D eigenvalue weighted by Gasteiger charge is 2.36. The van der Waals surface area contributed by atoms with E-state index in [2.05, 4.69) is 5.32 Å². The number of aryl methyl sites for hydroxylation is 1. The first-order valence-corrected chi connectivity index (χ1v) is 11.7. The molecule has 0 radical (unpaired) electrons. The van der Waals surface area contributed by atoms with Crippen molar-refractivity contribution in [2.24, 2.45) is 0 Å². The van der Waals surface area contributed by atoms with Crippen LogP contribution in [0.1, 0.15) is 11.1 Å². The number of nitrogens with one attached hydrogen (secondary N) is 1. The predicted molar refractivity (Wildman–Crippen MR) is 118 cm³/mol. The van der Waals surface area contributed by atoms with Crippen molar-refractivity contribution in [2.45, 2.75) is 18.0 Å². The zero-order chi connectivity index (χ0) is 25.3. The van der Waals surface area contributed by atoms with Gasteiger partial charge in [-0.25, -0.2) is 8.42 Å². The monoisotopic (exact) mass is 520 g/mol. The second kappa shape index (κ2) is 9.86. The summed E-state index contributed by atoms with van der Waals surface area (Å²) in [6, 6.07) is 6.79. The van der Waals surface area contributed by atoms with Gasteiger partial charge < -0.3 is 5.32 Å². The van der Waals surface area contributed by atoms with E-state index in [1.54, 1.807) is 17.9 Å². The van der Waals surface area contributed by atoms with Crippen molar-refractivity contribution < 1.29 is 31.3 Å². The quantitative estimate of drug-likeness (QED) is 0.460. The highest BCUT2D eigenvalue weighted by atomic mass is 35.5. The molecular formula is C20H20ClF3N4O5S. The third-order valence-corrected chi connectivity index (χ3v) is 7.43. The minimum Gasteiger partial charge on any atom is -0.319 e. The summed E-state index contributed by atoms with van der Waals surface area (Å²) in [5.41, 5.74) is -0.781. The third-order valence-electron chi connectivity index (χ3n) is 5.20. The van der Waals surface area contributed by atoms with Gasteiger partial charge in [0, 0.05) is 32.2 Å². The molecule has 0 aromatic heterocycles. The van der Waals surface area contributed by atoms with Gasteiger partial charge in [0.05, 0.1) is 26.9 Å². The Morgan fingerprint density at radius 2 is 1.79 bits per heavy atom. The van der Waals surface area contributed by atoms with Crippen LogP contribution in [-0.4, -0.2) is 61.2 Å². The number of nitro groups is 1. The van der Waals surface area contributed by atoms with E-state index in [0.29, 0.717) is 11.6 Å². The largest absolute Gasteiger partial charge is 0.417 e. The Bertz CT molecular complexity index is 1220. The van der Waals surface area contributed by atoms with E-state index in [4.69, 9.17) is 11.6 Å². The summed E-state index contributed by atoms with van der Waals surface area (Å²) in [6.45, 7) is 1.72. The number of halogens is 4. The summed E-state index contributed by atoms with van der Waals surface area (Å²) < 4.78 is 66.0. The normalized spacial score (nSPS) is 15.8. The van der Waals surface area contributed by atoms with Crippen molar-refractivity contribution in [2.75, 3.05) is 38.0 Å². The van der Waals surface area contributed by atoms with Gasteiger partial charge in [-0.05, 0) is 36.8 Å². The summed E-state index contributed by atoms with van der Waals surface area (Å²) in [7, 11) is -4.21. The molecule has 9 nitrogen and oxygen atoms in total. The summed E-state index contributed by atoms with van der Waals surface area (Å²) in [5.74, 6) is -0.518. The molecule has 2 aromatic carbocycles. The Morgan fingerprint density at radius 3 is 2.38 bits per heavy atom. The van der Waals surface area contributed by atoms with Crippen LogP contribution in [0.3, 0.4) is 0 Å². The number of sulfonamides is 1. The molecule has 0 unspecified atom stereocenters. The van der Waals surface area contributed by atoms with Gasteiger partial charge in [-0.1, -0.05) is 17.7 Å². The molecule has 184 valence electrons. The molecule has 0 atom stereocenters. The number of carbonyl (C=O) groups is 1. The third kappa shape index (κ3) is 5.84. The van der Waals surface area contributed by atoms with E-state index >= 15 is 0 Å². The summed E-state index contributed by atoms with van der Waals surface area (Å²) >= 11 is 5.57. The van der Waals surface area contributed by atoms with Crippen LogP contribution >= 0.6 is 11.6 Å². The van der Waals surface area contributed by atoms with Crippen molar-refractivity contribution >= 4 is 38.9 Å². The van der Waals surface area contributed by atoms with E-state index in [1.165, 1.54) is 12.1 Å². The molecule has 0 spiro atoms. The number of carbonyl (C=O) groups excluding carboxylic acids is 1. The summed E-state index contributed by atoms with van der Waals surface area (Å²) in [6.07, 6.45) is -4.80. The second-order valence-electron chi connectivity index (χ2n) is 7.65. The summed E-state index contributed by atoms with van der Waals surface area (Å²) in [5, 5.41) is 13.1. The van der Waals surface area contributed by atoms with Crippen LogP contribution < -0.4 is 5.32 Å². The second-order valence-corrected chi connectivity index (χ2v) is 9.99. The van der Waals surface area contributed by atoms with Crippen molar-refractivity contribution in [3.05, 3.63) is 62.7 Å². The Balaban J connectivity index is 1.63. The maximum absolute atomic E-state index is 13.1. The predicted octanol–water partition coefficient (Wildman–Crippen LogP) is 3.52. The minimum absolute atomic E-state index is 0.0463. The van der Waals surface area contributed by atoms with Crippen LogP contribution in [0.15, 0.2) is 41.3 Å². The molecule has 1 aliphatic heterocycles. The molecule has 2 aromatic rings. The van der Waals surface area contributed by atoms with E-state index in [0.717, 1.165) is 16.4 Å². The molecule has 0 aliphatic carbocycles. The fraction of sp³-hybridized carbons (Fsp3) is 0.350. The molecule has 1 heterocycles. The first kappa shape index (κ1) is 25.9. The molecule has 1 fully saturated rings. The zero-order valence-corrected chi connectivity index (χ0v) is 19.4. The minimum atomic E-state index is -4.80. The summed E-state index contributed by atoms with van der Waals surface area (Å²) in [4.78, 5) is 24.1. The molecule has 1 N–H and O–H groups in total. The van der Waals surface area contributed by atoms with E-state index in [-0.39, 0.29) is 44.1 Å². The Morgan fingerprint density at radius 1 is 1.15 bits per heavy atom. The van der Waals surface area contributed by atoms with Gasteiger partial charge >= 0.3 is 6.18 Å². The fourth-order valence-electron chi connectivity index (χ4n) is 3.45. The molecule has 0 bridgehead atoms. The number of amides is 1. The van der Waals surface area contributed by atoms with Gasteiger partial charge in [-0.3, -0.25) is 19.8 Å². The van der Waals surface area contributed by atoms with Gasteiger partial charge in [-0.2, -0.15) is 17.5 Å². The number of alkyl halides is 3. The molecule has 1 saturated heterocycles. The van der Waals surface area contributed by atoms with Gasteiger partial charge in [-0.15, -0.1) is 0 Å². The van der Waals surface area contributed by atoms with Crippen LogP contribution in [-0.2, 0) is 21.0 Å². The molecule has 34 heavy (non-hydrogen) atoms. The van der Waals surface area contributed by atoms with E-state index in [9.17, 15) is 36.5 Å². The Labute approximate surface area is 198 Å². The maximum atomic E-state index is 13.1. The molecule has 1 amide bonds. The van der Waals surface area contributed by atoms with Crippen molar-refractivity contribution in [1.82, 2.24) is 9.21 Å². The van der Waals surface area contributed by atoms with Gasteiger partial charge in [0.2, 0.25) is 15.9 Å². The number of rotatable bonds is 6. The van der Waals surface area contributed by atoms with Crippen LogP contribution in [0, 0.1) is 17.0 Å². The SMILES string of the molecule is Cc1ccc(NC(=O)CN2CCN(S(=O)(=O)c3ccc(Cl)c(C(F)(F)F)c3)CC2)c([N+](=O)[O-])c1. The zero-order valence-electron chi connectivity index (χ0n) is 17.8. The Hall–Kier alpha value is -2.74. The topological polar surface area (TPSA) is 113 Å². The van der Waals surface area contributed by atoms with E-state index < -0.39 is 42.5 Å². The van der Waals surface area contributed by atoms with Crippen LogP contribution in [0.25, 0.3) is 0 Å². The van der Waals surface area contributed by atoms with Gasteiger partial charge in [0.25, 0.3) is 5.69 Å². The standard InChI is InChI=1S/C20H20ClF3N4O5S/c1-13-2-5-17(18(10-13)28(30)31)25-19(29)12-26-6-8-27(9-7-26)34(32,33)14-3-4-16(21)15(11-14)20(22,23)24/h2-5,10-11H,6-9,12H2,1H3,(H,25,29). The fourth-order valence-corrected chi connectivity index (χ4v) is 5.12. The number of piperazine rings is 1. The van der Waals surface area contributed by atoms with E-state index in [1.807, 2.05) is 0 Å².